The number of carbonyl (C=O) groups is 1. The van der Waals surface area contributed by atoms with Crippen molar-refractivity contribution >= 4 is 27.3 Å². The van der Waals surface area contributed by atoms with Gasteiger partial charge in [-0.2, -0.15) is 0 Å². The SMILES string of the molecule is COCCCNC(=O)C(C)S(=O)(=O)c1ccccc1Cl. The maximum absolute atomic E-state index is 12.3. The first-order valence-corrected chi connectivity index (χ1v) is 8.08. The second-order valence-corrected chi connectivity index (χ2v) is 6.90. The predicted molar refractivity (Wildman–Crippen MR) is 77.6 cm³/mol. The highest BCUT2D eigenvalue weighted by Gasteiger charge is 2.30. The summed E-state index contributed by atoms with van der Waals surface area (Å²) in [5, 5.41) is 1.50. The molecule has 7 heteroatoms. The summed E-state index contributed by atoms with van der Waals surface area (Å²) >= 11 is 5.88. The largest absolute Gasteiger partial charge is 0.385 e. The molecule has 1 unspecified atom stereocenters. The number of benzene rings is 1. The minimum Gasteiger partial charge on any atom is -0.385 e. The van der Waals surface area contributed by atoms with Gasteiger partial charge in [-0.25, -0.2) is 8.42 Å². The maximum atomic E-state index is 12.3. The molecule has 0 heterocycles. The third kappa shape index (κ3) is 4.19. The molecule has 0 bridgehead atoms. The van der Waals surface area contributed by atoms with Gasteiger partial charge in [0.2, 0.25) is 5.91 Å². The van der Waals surface area contributed by atoms with Gasteiger partial charge in [-0.3, -0.25) is 4.79 Å². The summed E-state index contributed by atoms with van der Waals surface area (Å²) < 4.78 is 29.5. The van der Waals surface area contributed by atoms with Crippen molar-refractivity contribution in [3.63, 3.8) is 0 Å². The lowest BCUT2D eigenvalue weighted by Crippen LogP contribution is -2.38. The third-order valence-electron chi connectivity index (χ3n) is 2.80. The van der Waals surface area contributed by atoms with Crippen molar-refractivity contribution < 1.29 is 17.9 Å². The minimum absolute atomic E-state index is 0.0267. The standard InChI is InChI=1S/C13H18ClNO4S/c1-10(13(16)15-8-5-9-19-2)20(17,18)12-7-4-3-6-11(12)14/h3-4,6-7,10H,5,8-9H2,1-2H3,(H,15,16). The van der Waals surface area contributed by atoms with E-state index in [9.17, 15) is 13.2 Å². The lowest BCUT2D eigenvalue weighted by Gasteiger charge is -2.14. The molecular weight excluding hydrogens is 302 g/mol. The molecule has 112 valence electrons. The number of sulfone groups is 1. The van der Waals surface area contributed by atoms with E-state index in [0.717, 1.165) is 0 Å². The summed E-state index contributed by atoms with van der Waals surface area (Å²) in [5.41, 5.74) is 0. The molecule has 0 radical (unpaired) electrons. The molecule has 1 rings (SSSR count). The molecule has 1 atom stereocenters. The van der Waals surface area contributed by atoms with E-state index >= 15 is 0 Å². The number of rotatable bonds is 7. The highest BCUT2D eigenvalue weighted by atomic mass is 35.5. The van der Waals surface area contributed by atoms with Crippen LogP contribution in [-0.4, -0.2) is 39.8 Å². The van der Waals surface area contributed by atoms with Gasteiger partial charge in [0.05, 0.1) is 9.92 Å². The molecule has 1 N–H and O–H groups in total. The Morgan fingerprint density at radius 2 is 2.05 bits per heavy atom. The fraction of sp³-hybridized carbons (Fsp3) is 0.462. The van der Waals surface area contributed by atoms with Crippen LogP contribution in [0.5, 0.6) is 0 Å². The zero-order valence-electron chi connectivity index (χ0n) is 11.4. The van der Waals surface area contributed by atoms with Crippen molar-refractivity contribution in [1.29, 1.82) is 0 Å². The van der Waals surface area contributed by atoms with Crippen molar-refractivity contribution in [1.82, 2.24) is 5.32 Å². The molecular formula is C13H18ClNO4S. The Hall–Kier alpha value is -1.11. The molecule has 0 aromatic heterocycles. The Morgan fingerprint density at radius 1 is 1.40 bits per heavy atom. The van der Waals surface area contributed by atoms with Gasteiger partial charge in [0, 0.05) is 20.3 Å². The van der Waals surface area contributed by atoms with Crippen LogP contribution in [0.4, 0.5) is 0 Å². The Balaban J connectivity index is 2.77. The first-order valence-electron chi connectivity index (χ1n) is 6.16. The second kappa shape index (κ2) is 7.61. The second-order valence-electron chi connectivity index (χ2n) is 4.26. The van der Waals surface area contributed by atoms with E-state index in [1.54, 1.807) is 19.2 Å². The van der Waals surface area contributed by atoms with Crippen molar-refractivity contribution in [2.75, 3.05) is 20.3 Å². The fourth-order valence-electron chi connectivity index (χ4n) is 1.58. The van der Waals surface area contributed by atoms with Crippen molar-refractivity contribution in [3.8, 4) is 0 Å². The van der Waals surface area contributed by atoms with Gasteiger partial charge in [-0.15, -0.1) is 0 Å². The molecule has 0 saturated heterocycles. The molecule has 0 spiro atoms. The van der Waals surface area contributed by atoms with Crippen molar-refractivity contribution in [3.05, 3.63) is 29.3 Å². The maximum Gasteiger partial charge on any atom is 0.238 e. The Kier molecular flexibility index (Phi) is 6.45. The van der Waals surface area contributed by atoms with E-state index in [1.807, 2.05) is 0 Å². The molecule has 1 amide bonds. The van der Waals surface area contributed by atoms with Crippen molar-refractivity contribution in [2.45, 2.75) is 23.5 Å². The van der Waals surface area contributed by atoms with Crippen LogP contribution in [-0.2, 0) is 19.4 Å². The number of halogens is 1. The van der Waals surface area contributed by atoms with Crippen LogP contribution in [0.15, 0.2) is 29.2 Å². The lowest BCUT2D eigenvalue weighted by molar-refractivity contribution is -0.120. The van der Waals surface area contributed by atoms with Gasteiger partial charge in [-0.05, 0) is 25.5 Å². The molecule has 0 aliphatic carbocycles. The number of amides is 1. The number of methoxy groups -OCH3 is 1. The van der Waals surface area contributed by atoms with Gasteiger partial charge in [0.15, 0.2) is 9.84 Å². The van der Waals surface area contributed by atoms with E-state index in [2.05, 4.69) is 5.32 Å². The Morgan fingerprint density at radius 3 is 2.65 bits per heavy atom. The van der Waals surface area contributed by atoms with Gasteiger partial charge >= 0.3 is 0 Å². The number of hydrogen-bond acceptors (Lipinski definition) is 4. The zero-order chi connectivity index (χ0) is 15.2. The normalized spacial score (nSPS) is 12.9. The van der Waals surface area contributed by atoms with Crippen LogP contribution in [0.1, 0.15) is 13.3 Å². The van der Waals surface area contributed by atoms with Gasteiger partial charge in [-0.1, -0.05) is 23.7 Å². The minimum atomic E-state index is -3.79. The van der Waals surface area contributed by atoms with Crippen LogP contribution in [0, 0.1) is 0 Å². The molecule has 0 aliphatic heterocycles. The summed E-state index contributed by atoms with van der Waals surface area (Å²) in [6.45, 7) is 2.23. The monoisotopic (exact) mass is 319 g/mol. The Bertz CT molecular complexity index is 559. The number of hydrogen-bond donors (Lipinski definition) is 1. The topological polar surface area (TPSA) is 72.5 Å². The summed E-state index contributed by atoms with van der Waals surface area (Å²) in [6.07, 6.45) is 0.626. The van der Waals surface area contributed by atoms with E-state index in [0.29, 0.717) is 19.6 Å². The van der Waals surface area contributed by atoms with E-state index in [4.69, 9.17) is 16.3 Å². The van der Waals surface area contributed by atoms with Crippen LogP contribution in [0.25, 0.3) is 0 Å². The predicted octanol–water partition coefficient (Wildman–Crippen LogP) is 1.65. The average molecular weight is 320 g/mol. The Labute approximate surface area is 124 Å². The van der Waals surface area contributed by atoms with Crippen LogP contribution < -0.4 is 5.32 Å². The number of carbonyl (C=O) groups excluding carboxylic acids is 1. The molecule has 0 aliphatic rings. The summed E-state index contributed by atoms with van der Waals surface area (Å²) in [4.78, 5) is 11.8. The van der Waals surface area contributed by atoms with Crippen LogP contribution >= 0.6 is 11.6 Å². The van der Waals surface area contributed by atoms with E-state index in [-0.39, 0.29) is 9.92 Å². The van der Waals surface area contributed by atoms with E-state index in [1.165, 1.54) is 19.1 Å². The summed E-state index contributed by atoms with van der Waals surface area (Å²) in [6, 6.07) is 6.09. The highest BCUT2D eigenvalue weighted by Crippen LogP contribution is 2.24. The van der Waals surface area contributed by atoms with E-state index < -0.39 is 21.0 Å². The first-order chi connectivity index (χ1) is 9.41. The molecule has 1 aromatic carbocycles. The lowest BCUT2D eigenvalue weighted by atomic mass is 10.4. The molecule has 0 fully saturated rings. The fourth-order valence-corrected chi connectivity index (χ4v) is 3.39. The highest BCUT2D eigenvalue weighted by molar-refractivity contribution is 7.92. The van der Waals surface area contributed by atoms with Crippen LogP contribution in [0.3, 0.4) is 0 Å². The zero-order valence-corrected chi connectivity index (χ0v) is 13.0. The van der Waals surface area contributed by atoms with Crippen LogP contribution in [0.2, 0.25) is 5.02 Å². The quantitative estimate of drug-likeness (QED) is 0.776. The molecule has 0 saturated carbocycles. The summed E-state index contributed by atoms with van der Waals surface area (Å²) in [5.74, 6) is -0.541. The van der Waals surface area contributed by atoms with Gasteiger partial charge in [0.1, 0.15) is 5.25 Å². The molecule has 1 aromatic rings. The number of ether oxygens (including phenoxy) is 1. The first kappa shape index (κ1) is 16.9. The smallest absolute Gasteiger partial charge is 0.238 e. The van der Waals surface area contributed by atoms with Crippen molar-refractivity contribution in [2.24, 2.45) is 0 Å². The number of nitrogens with one attached hydrogen (secondary N) is 1. The molecule has 20 heavy (non-hydrogen) atoms. The molecule has 5 nitrogen and oxygen atoms in total. The third-order valence-corrected chi connectivity index (χ3v) is 5.36. The average Bonchev–Trinajstić information content (AvgIpc) is 2.42. The van der Waals surface area contributed by atoms with Gasteiger partial charge in [0.25, 0.3) is 0 Å². The van der Waals surface area contributed by atoms with Gasteiger partial charge < -0.3 is 10.1 Å². The summed E-state index contributed by atoms with van der Waals surface area (Å²) in [7, 11) is -2.23.